The third-order valence-electron chi connectivity index (χ3n) is 2.69. The largest absolute Gasteiger partial charge is 0.353 e. The summed E-state index contributed by atoms with van der Waals surface area (Å²) in [5, 5.41) is 2.88. The Morgan fingerprint density at radius 1 is 1.18 bits per heavy atom. The normalized spacial score (nSPS) is 14.4. The molecule has 1 N–H and O–H groups in total. The fraction of sp³-hybridized carbons (Fsp3) is 0.385. The number of carbonyl (C=O) groups excluding carboxylic acids is 2. The number of ketones is 1. The van der Waals surface area contributed by atoms with Gasteiger partial charge in [-0.15, -0.1) is 0 Å². The molecule has 0 heterocycles. The number of carbonyl (C=O) groups is 2. The molecule has 0 aromatic heterocycles. The van der Waals surface area contributed by atoms with Gasteiger partial charge in [0.25, 0.3) is 0 Å². The lowest BCUT2D eigenvalue weighted by Gasteiger charge is -2.03. The van der Waals surface area contributed by atoms with Gasteiger partial charge in [0.2, 0.25) is 5.91 Å². The second kappa shape index (κ2) is 5.62. The van der Waals surface area contributed by atoms with Crippen LogP contribution in [-0.4, -0.2) is 17.7 Å². The van der Waals surface area contributed by atoms with Gasteiger partial charge in [0.05, 0.1) is 0 Å². The Labute approximate surface area is 114 Å². The van der Waals surface area contributed by atoms with Crippen LogP contribution < -0.4 is 5.32 Å². The van der Waals surface area contributed by atoms with Gasteiger partial charge in [-0.3, -0.25) is 9.59 Å². The first kappa shape index (κ1) is 12.5. The van der Waals surface area contributed by atoms with Gasteiger partial charge >= 0.3 is 0 Å². The zero-order chi connectivity index (χ0) is 12.3. The average Bonchev–Trinajstić information content (AvgIpc) is 3.11. The Bertz CT molecular complexity index is 424. The van der Waals surface area contributed by atoms with Crippen LogP contribution in [0.5, 0.6) is 0 Å². The van der Waals surface area contributed by atoms with Gasteiger partial charge < -0.3 is 5.32 Å². The lowest BCUT2D eigenvalue weighted by atomic mass is 10.1. The summed E-state index contributed by atoms with van der Waals surface area (Å²) in [4.78, 5) is 23.2. The molecule has 4 heteroatoms. The molecule has 3 nitrogen and oxygen atoms in total. The van der Waals surface area contributed by atoms with Crippen molar-refractivity contribution in [3.63, 3.8) is 0 Å². The second-order valence-electron chi connectivity index (χ2n) is 4.27. The molecule has 1 aliphatic carbocycles. The van der Waals surface area contributed by atoms with Crippen LogP contribution in [0.1, 0.15) is 36.0 Å². The van der Waals surface area contributed by atoms with Crippen molar-refractivity contribution in [2.24, 2.45) is 0 Å². The number of nitrogens with one attached hydrogen (secondary N) is 1. The number of rotatable bonds is 5. The van der Waals surface area contributed by atoms with Crippen LogP contribution in [0, 0.1) is 3.57 Å². The third kappa shape index (κ3) is 4.11. The SMILES string of the molecule is O=C(CCC(=O)c1ccc(I)cc1)NC1CC1. The van der Waals surface area contributed by atoms with Gasteiger partial charge in [-0.2, -0.15) is 0 Å². The highest BCUT2D eigenvalue weighted by Crippen LogP contribution is 2.19. The van der Waals surface area contributed by atoms with Crippen molar-refractivity contribution in [3.05, 3.63) is 33.4 Å². The molecule has 2 rings (SSSR count). The van der Waals surface area contributed by atoms with Crippen LogP contribution >= 0.6 is 22.6 Å². The second-order valence-corrected chi connectivity index (χ2v) is 5.52. The van der Waals surface area contributed by atoms with Crippen LogP contribution in [0.4, 0.5) is 0 Å². The van der Waals surface area contributed by atoms with Crippen molar-refractivity contribution in [3.8, 4) is 0 Å². The van der Waals surface area contributed by atoms with Crippen molar-refractivity contribution in [1.82, 2.24) is 5.32 Å². The molecule has 1 aliphatic rings. The molecule has 0 saturated heterocycles. The van der Waals surface area contributed by atoms with E-state index in [1.165, 1.54) is 0 Å². The van der Waals surface area contributed by atoms with Gasteiger partial charge in [-0.1, -0.05) is 12.1 Å². The Kier molecular flexibility index (Phi) is 4.15. The Balaban J connectivity index is 1.79. The predicted octanol–water partition coefficient (Wildman–Crippen LogP) is 2.53. The number of halogens is 1. The summed E-state index contributed by atoms with van der Waals surface area (Å²) >= 11 is 2.20. The minimum absolute atomic E-state index is 0.00800. The molecule has 0 atom stereocenters. The maximum Gasteiger partial charge on any atom is 0.220 e. The molecule has 0 bridgehead atoms. The summed E-state index contributed by atoms with van der Waals surface area (Å²) in [5.74, 6) is 0.0266. The maximum absolute atomic E-state index is 11.8. The molecule has 90 valence electrons. The van der Waals surface area contributed by atoms with Crippen LogP contribution in [0.15, 0.2) is 24.3 Å². The molecule has 0 spiro atoms. The van der Waals surface area contributed by atoms with E-state index in [2.05, 4.69) is 27.9 Å². The van der Waals surface area contributed by atoms with Gasteiger partial charge in [-0.05, 0) is 47.6 Å². The summed E-state index contributed by atoms with van der Waals surface area (Å²) in [6.07, 6.45) is 2.74. The highest BCUT2D eigenvalue weighted by Gasteiger charge is 2.23. The molecule has 1 fully saturated rings. The molecular formula is C13H14INO2. The molecule has 0 unspecified atom stereocenters. The summed E-state index contributed by atoms with van der Waals surface area (Å²) < 4.78 is 1.10. The van der Waals surface area contributed by atoms with Crippen molar-refractivity contribution in [2.75, 3.05) is 0 Å². The molecule has 0 radical (unpaired) electrons. The van der Waals surface area contributed by atoms with Crippen molar-refractivity contribution in [2.45, 2.75) is 31.7 Å². The first-order valence-corrected chi connectivity index (χ1v) is 6.81. The van der Waals surface area contributed by atoms with Gasteiger partial charge in [0, 0.05) is 28.0 Å². The topological polar surface area (TPSA) is 46.2 Å². The molecule has 1 aromatic rings. The van der Waals surface area contributed by atoms with E-state index < -0.39 is 0 Å². The van der Waals surface area contributed by atoms with E-state index in [4.69, 9.17) is 0 Å². The Hall–Kier alpha value is -0.910. The fourth-order valence-corrected chi connectivity index (χ4v) is 1.89. The zero-order valence-electron chi connectivity index (χ0n) is 9.41. The first-order chi connectivity index (χ1) is 8.15. The highest BCUT2D eigenvalue weighted by molar-refractivity contribution is 14.1. The van der Waals surface area contributed by atoms with Gasteiger partial charge in [0.1, 0.15) is 0 Å². The molecular weight excluding hydrogens is 329 g/mol. The Morgan fingerprint density at radius 2 is 1.82 bits per heavy atom. The Morgan fingerprint density at radius 3 is 2.41 bits per heavy atom. The van der Waals surface area contributed by atoms with E-state index in [1.807, 2.05) is 24.3 Å². The summed E-state index contributed by atoms with van der Waals surface area (Å²) in [6.45, 7) is 0. The van der Waals surface area contributed by atoms with Crippen molar-refractivity contribution < 1.29 is 9.59 Å². The number of benzene rings is 1. The van der Waals surface area contributed by atoms with Crippen LogP contribution in [-0.2, 0) is 4.79 Å². The van der Waals surface area contributed by atoms with E-state index in [0.29, 0.717) is 24.4 Å². The van der Waals surface area contributed by atoms with Crippen molar-refractivity contribution in [1.29, 1.82) is 0 Å². The van der Waals surface area contributed by atoms with E-state index in [-0.39, 0.29) is 11.7 Å². The fourth-order valence-electron chi connectivity index (χ4n) is 1.53. The summed E-state index contributed by atoms with van der Waals surface area (Å²) in [5.41, 5.74) is 0.685. The van der Waals surface area contributed by atoms with Crippen LogP contribution in [0.25, 0.3) is 0 Å². The maximum atomic E-state index is 11.8. The van der Waals surface area contributed by atoms with E-state index >= 15 is 0 Å². The molecule has 0 aliphatic heterocycles. The lowest BCUT2D eigenvalue weighted by molar-refractivity contribution is -0.121. The molecule has 1 amide bonds. The number of amides is 1. The number of hydrogen-bond acceptors (Lipinski definition) is 2. The number of Topliss-reactive ketones (excluding diaryl/α,β-unsaturated/α-hetero) is 1. The lowest BCUT2D eigenvalue weighted by Crippen LogP contribution is -2.25. The van der Waals surface area contributed by atoms with Crippen molar-refractivity contribution >= 4 is 34.3 Å². The highest BCUT2D eigenvalue weighted by atomic mass is 127. The third-order valence-corrected chi connectivity index (χ3v) is 3.41. The number of hydrogen-bond donors (Lipinski definition) is 1. The first-order valence-electron chi connectivity index (χ1n) is 5.73. The average molecular weight is 343 g/mol. The quantitative estimate of drug-likeness (QED) is 0.660. The smallest absolute Gasteiger partial charge is 0.220 e. The van der Waals surface area contributed by atoms with E-state index in [1.54, 1.807) is 0 Å². The summed E-state index contributed by atoms with van der Waals surface area (Å²) in [6, 6.07) is 7.79. The van der Waals surface area contributed by atoms with Crippen LogP contribution in [0.3, 0.4) is 0 Å². The van der Waals surface area contributed by atoms with E-state index in [9.17, 15) is 9.59 Å². The predicted molar refractivity (Wildman–Crippen MR) is 73.9 cm³/mol. The minimum Gasteiger partial charge on any atom is -0.353 e. The van der Waals surface area contributed by atoms with E-state index in [0.717, 1.165) is 16.4 Å². The molecule has 1 saturated carbocycles. The zero-order valence-corrected chi connectivity index (χ0v) is 11.6. The molecule has 1 aromatic carbocycles. The van der Waals surface area contributed by atoms with Gasteiger partial charge in [-0.25, -0.2) is 0 Å². The van der Waals surface area contributed by atoms with Gasteiger partial charge in [0.15, 0.2) is 5.78 Å². The molecule has 17 heavy (non-hydrogen) atoms. The minimum atomic E-state index is -0.00800. The van der Waals surface area contributed by atoms with Crippen LogP contribution in [0.2, 0.25) is 0 Å². The summed E-state index contributed by atoms with van der Waals surface area (Å²) in [7, 11) is 0. The monoisotopic (exact) mass is 343 g/mol. The standard InChI is InChI=1S/C13H14INO2/c14-10-3-1-9(2-4-10)12(16)7-8-13(17)15-11-5-6-11/h1-4,11H,5-8H2,(H,15,17).